The van der Waals surface area contributed by atoms with Crippen molar-refractivity contribution in [1.29, 1.82) is 0 Å². The summed E-state index contributed by atoms with van der Waals surface area (Å²) in [5.41, 5.74) is 1.71. The van der Waals surface area contributed by atoms with E-state index in [9.17, 15) is 18.8 Å². The number of carbonyl (C=O) groups excluding carboxylic acids is 2. The van der Waals surface area contributed by atoms with Crippen molar-refractivity contribution in [2.45, 2.75) is 19.9 Å². The Kier molecular flexibility index (Phi) is 9.35. The predicted octanol–water partition coefficient (Wildman–Crippen LogP) is 4.03. The van der Waals surface area contributed by atoms with Crippen LogP contribution in [-0.2, 0) is 19.1 Å². The number of hydrogen-bond donors (Lipinski definition) is 0. The van der Waals surface area contributed by atoms with Gasteiger partial charge < -0.3 is 18.9 Å². The fraction of sp³-hybridized carbons (Fsp3) is 0.212. The van der Waals surface area contributed by atoms with E-state index in [1.165, 1.54) is 35.9 Å². The summed E-state index contributed by atoms with van der Waals surface area (Å²) in [7, 11) is 1.47. The van der Waals surface area contributed by atoms with E-state index in [1.54, 1.807) is 38.1 Å². The van der Waals surface area contributed by atoms with Gasteiger partial charge in [-0.15, -0.1) is 0 Å². The summed E-state index contributed by atoms with van der Waals surface area (Å²) >= 11 is 1.12. The summed E-state index contributed by atoms with van der Waals surface area (Å²) in [6, 6.07) is 18.9. The zero-order valence-electron chi connectivity index (χ0n) is 24.2. The predicted molar refractivity (Wildman–Crippen MR) is 163 cm³/mol. The summed E-state index contributed by atoms with van der Waals surface area (Å²) in [5.74, 6) is -1.04. The van der Waals surface area contributed by atoms with E-state index in [2.05, 4.69) is 0 Å². The largest absolute Gasteiger partial charge is 0.493 e. The maximum Gasteiger partial charge on any atom is 0.344 e. The molecule has 2 heterocycles. The van der Waals surface area contributed by atoms with Crippen LogP contribution in [0.5, 0.6) is 11.5 Å². The molecular formula is C33H29FN2O7S. The van der Waals surface area contributed by atoms with Crippen LogP contribution >= 0.6 is 11.3 Å². The smallest absolute Gasteiger partial charge is 0.344 e. The lowest BCUT2D eigenvalue weighted by Gasteiger charge is -2.25. The number of halogens is 1. The first kappa shape index (κ1) is 30.4. The topological polar surface area (TPSA) is 105 Å². The maximum atomic E-state index is 14.1. The Morgan fingerprint density at radius 3 is 2.39 bits per heavy atom. The van der Waals surface area contributed by atoms with Gasteiger partial charge in [0.25, 0.3) is 5.56 Å². The molecule has 1 aliphatic rings. The summed E-state index contributed by atoms with van der Waals surface area (Å²) in [6.45, 7) is 3.34. The maximum absolute atomic E-state index is 14.1. The van der Waals surface area contributed by atoms with E-state index in [4.69, 9.17) is 23.9 Å². The van der Waals surface area contributed by atoms with Crippen LogP contribution in [0.25, 0.3) is 11.8 Å². The molecule has 5 rings (SSSR count). The molecule has 11 heteroatoms. The fourth-order valence-electron chi connectivity index (χ4n) is 4.84. The van der Waals surface area contributed by atoms with Gasteiger partial charge in [0.1, 0.15) is 5.82 Å². The van der Waals surface area contributed by atoms with Crippen molar-refractivity contribution in [2.75, 3.05) is 26.9 Å². The molecule has 0 unspecified atom stereocenters. The number of esters is 2. The molecule has 44 heavy (non-hydrogen) atoms. The number of rotatable bonds is 10. The molecule has 0 saturated heterocycles. The van der Waals surface area contributed by atoms with Gasteiger partial charge in [0.2, 0.25) is 0 Å². The van der Waals surface area contributed by atoms with E-state index in [-0.39, 0.29) is 35.7 Å². The molecule has 1 aliphatic heterocycles. The van der Waals surface area contributed by atoms with E-state index in [0.29, 0.717) is 32.9 Å². The lowest BCUT2D eigenvalue weighted by Crippen LogP contribution is -2.40. The Morgan fingerprint density at radius 2 is 1.70 bits per heavy atom. The molecule has 0 bridgehead atoms. The van der Waals surface area contributed by atoms with E-state index in [1.807, 2.05) is 30.3 Å². The lowest BCUT2D eigenvalue weighted by molar-refractivity contribution is -0.145. The lowest BCUT2D eigenvalue weighted by atomic mass is 9.93. The third-order valence-corrected chi connectivity index (χ3v) is 7.70. The minimum Gasteiger partial charge on any atom is -0.493 e. The second kappa shape index (κ2) is 13.5. The van der Waals surface area contributed by atoms with Crippen LogP contribution in [0.3, 0.4) is 0 Å². The van der Waals surface area contributed by atoms with Crippen molar-refractivity contribution < 1.29 is 32.9 Å². The van der Waals surface area contributed by atoms with E-state index in [0.717, 1.165) is 11.3 Å². The number of aromatic nitrogens is 1. The Balaban J connectivity index is 1.75. The summed E-state index contributed by atoms with van der Waals surface area (Å²) < 4.78 is 37.4. The number of benzene rings is 3. The fourth-order valence-corrected chi connectivity index (χ4v) is 5.83. The summed E-state index contributed by atoms with van der Waals surface area (Å²) in [6.07, 6.45) is 1.62. The average Bonchev–Trinajstić information content (AvgIpc) is 3.34. The van der Waals surface area contributed by atoms with Crippen LogP contribution in [0.2, 0.25) is 0 Å². The van der Waals surface area contributed by atoms with Gasteiger partial charge in [-0.2, -0.15) is 0 Å². The van der Waals surface area contributed by atoms with Crippen molar-refractivity contribution in [3.8, 4) is 11.5 Å². The molecule has 226 valence electrons. The van der Waals surface area contributed by atoms with Gasteiger partial charge in [-0.1, -0.05) is 65.9 Å². The van der Waals surface area contributed by atoms with Crippen LogP contribution in [0.15, 0.2) is 88.2 Å². The SMILES string of the molecule is CCOC(=O)COc1c(/C=c2\sc3n(c2=O)[C@@H](c2ccc(F)cc2)C(C(=O)OCC)=C(c2ccccc2)N=3)cccc1OC. The van der Waals surface area contributed by atoms with Crippen LogP contribution in [0, 0.1) is 5.82 Å². The molecule has 0 aliphatic carbocycles. The Hall–Kier alpha value is -5.03. The molecule has 0 N–H and O–H groups in total. The summed E-state index contributed by atoms with van der Waals surface area (Å²) in [5, 5.41) is 0. The highest BCUT2D eigenvalue weighted by atomic mass is 32.1. The van der Waals surface area contributed by atoms with Gasteiger partial charge in [0.05, 0.1) is 42.2 Å². The van der Waals surface area contributed by atoms with Gasteiger partial charge >= 0.3 is 11.9 Å². The number of carbonyl (C=O) groups is 2. The van der Waals surface area contributed by atoms with Crippen molar-refractivity contribution >= 4 is 35.0 Å². The average molecular weight is 617 g/mol. The molecule has 3 aromatic carbocycles. The third kappa shape index (κ3) is 6.18. The monoisotopic (exact) mass is 616 g/mol. The zero-order chi connectivity index (χ0) is 31.2. The number of nitrogens with zero attached hydrogens (tertiary/aromatic N) is 2. The van der Waals surface area contributed by atoms with Gasteiger partial charge in [0, 0.05) is 11.1 Å². The highest BCUT2D eigenvalue weighted by molar-refractivity contribution is 7.07. The highest BCUT2D eigenvalue weighted by Gasteiger charge is 2.35. The zero-order valence-corrected chi connectivity index (χ0v) is 25.1. The summed E-state index contributed by atoms with van der Waals surface area (Å²) in [4.78, 5) is 44.8. The second-order valence-electron chi connectivity index (χ2n) is 9.46. The molecule has 4 aromatic rings. The first-order valence-corrected chi connectivity index (χ1v) is 14.7. The van der Waals surface area contributed by atoms with Crippen LogP contribution in [0.4, 0.5) is 4.39 Å². The normalized spacial score (nSPS) is 14.5. The molecular weight excluding hydrogens is 587 g/mol. The molecule has 1 aromatic heterocycles. The van der Waals surface area contributed by atoms with Gasteiger partial charge in [0.15, 0.2) is 22.9 Å². The van der Waals surface area contributed by atoms with Crippen molar-refractivity contribution in [3.05, 3.63) is 121 Å². The Morgan fingerprint density at radius 1 is 0.977 bits per heavy atom. The van der Waals surface area contributed by atoms with Crippen molar-refractivity contribution in [1.82, 2.24) is 4.57 Å². The molecule has 0 saturated carbocycles. The van der Waals surface area contributed by atoms with E-state index < -0.39 is 29.4 Å². The highest BCUT2D eigenvalue weighted by Crippen LogP contribution is 2.35. The molecule has 0 fully saturated rings. The Bertz CT molecular complexity index is 1900. The number of hydrogen-bond acceptors (Lipinski definition) is 9. The van der Waals surface area contributed by atoms with Crippen molar-refractivity contribution in [3.63, 3.8) is 0 Å². The molecule has 1 atom stereocenters. The first-order valence-electron chi connectivity index (χ1n) is 13.9. The number of ether oxygens (including phenoxy) is 4. The molecule has 0 radical (unpaired) electrons. The quantitative estimate of drug-likeness (QED) is 0.248. The van der Waals surface area contributed by atoms with Crippen LogP contribution in [0.1, 0.15) is 36.6 Å². The molecule has 0 spiro atoms. The Labute approximate surface area is 256 Å². The minimum absolute atomic E-state index is 0.107. The van der Waals surface area contributed by atoms with Crippen LogP contribution < -0.4 is 24.4 Å². The second-order valence-corrected chi connectivity index (χ2v) is 10.5. The third-order valence-electron chi connectivity index (χ3n) is 6.71. The van der Waals surface area contributed by atoms with Crippen molar-refractivity contribution in [2.24, 2.45) is 4.99 Å². The standard InChI is InChI=1S/C33H29FN2O7S/c1-4-41-26(37)19-43-30-22(12-9-13-24(30)40-3)18-25-31(38)36-29(21-14-16-23(34)17-15-21)27(32(39)42-5-2)28(35-33(36)44-25)20-10-7-6-8-11-20/h6-18,29H,4-5,19H2,1-3H3/b25-18-/t29-/m0/s1. The minimum atomic E-state index is -0.951. The van der Waals surface area contributed by atoms with E-state index >= 15 is 0 Å². The number of fused-ring (bicyclic) bond motifs is 1. The first-order chi connectivity index (χ1) is 21.4. The number of thiazole rings is 1. The van der Waals surface area contributed by atoms with Gasteiger partial charge in [-0.3, -0.25) is 9.36 Å². The van der Waals surface area contributed by atoms with Gasteiger partial charge in [-0.25, -0.2) is 19.0 Å². The molecule has 0 amide bonds. The molecule has 9 nitrogen and oxygen atoms in total. The number of para-hydroxylation sites is 1. The number of methoxy groups -OCH3 is 1. The van der Waals surface area contributed by atoms with Gasteiger partial charge in [-0.05, 0) is 43.7 Å². The van der Waals surface area contributed by atoms with Crippen LogP contribution in [-0.4, -0.2) is 43.4 Å².